The van der Waals surface area contributed by atoms with Gasteiger partial charge in [-0.2, -0.15) is 5.10 Å². The van der Waals surface area contributed by atoms with E-state index in [-0.39, 0.29) is 0 Å². The smallest absolute Gasteiger partial charge is 0.168 e. The third-order valence-corrected chi connectivity index (χ3v) is 6.69. The third-order valence-electron chi connectivity index (χ3n) is 6.69. The van der Waals surface area contributed by atoms with Gasteiger partial charge in [0.1, 0.15) is 0 Å². The van der Waals surface area contributed by atoms with Crippen molar-refractivity contribution in [1.29, 1.82) is 0 Å². The fourth-order valence-corrected chi connectivity index (χ4v) is 4.72. The quantitative estimate of drug-likeness (QED) is 0.348. The lowest BCUT2D eigenvalue weighted by Gasteiger charge is -2.32. The lowest BCUT2D eigenvalue weighted by atomic mass is 10.1. The first-order valence-electron chi connectivity index (χ1n) is 12.6. The van der Waals surface area contributed by atoms with Crippen LogP contribution in [0.15, 0.2) is 48.8 Å². The van der Waals surface area contributed by atoms with Crippen molar-refractivity contribution in [2.75, 3.05) is 68.0 Å². The Morgan fingerprint density at radius 1 is 1.06 bits per heavy atom. The minimum Gasteiger partial charge on any atom is -0.384 e. The van der Waals surface area contributed by atoms with Gasteiger partial charge in [0.25, 0.3) is 0 Å². The van der Waals surface area contributed by atoms with Crippen molar-refractivity contribution in [2.24, 2.45) is 0 Å². The second-order valence-electron chi connectivity index (χ2n) is 9.14. The molecular formula is C26H35N7O2. The van der Waals surface area contributed by atoms with E-state index in [1.54, 1.807) is 12.4 Å². The Kier molecular flexibility index (Phi) is 7.77. The number of aliphatic hydroxyl groups is 1. The van der Waals surface area contributed by atoms with Crippen LogP contribution in [0.1, 0.15) is 31.2 Å². The normalized spacial score (nSPS) is 17.8. The van der Waals surface area contributed by atoms with Gasteiger partial charge < -0.3 is 25.4 Å². The average Bonchev–Trinajstić information content (AvgIpc) is 3.46. The second kappa shape index (κ2) is 11.5. The number of nitrogens with one attached hydrogen (secondary N) is 3. The van der Waals surface area contributed by atoms with Crippen molar-refractivity contribution in [1.82, 2.24) is 20.1 Å². The fourth-order valence-electron chi connectivity index (χ4n) is 4.72. The number of ether oxygens (including phenoxy) is 1. The molecule has 0 aliphatic carbocycles. The van der Waals surface area contributed by atoms with Gasteiger partial charge in [0.05, 0.1) is 42.2 Å². The molecule has 1 atom stereocenters. The maximum atomic E-state index is 11.0. The van der Waals surface area contributed by atoms with Crippen LogP contribution in [0, 0.1) is 0 Å². The van der Waals surface area contributed by atoms with Crippen LogP contribution in [0.5, 0.6) is 0 Å². The molecule has 2 fully saturated rings. The Bertz CT molecular complexity index is 1060. The van der Waals surface area contributed by atoms with Crippen molar-refractivity contribution in [3.8, 4) is 11.3 Å². The molecule has 4 N–H and O–H groups in total. The first-order valence-corrected chi connectivity index (χ1v) is 12.6. The first kappa shape index (κ1) is 23.6. The van der Waals surface area contributed by atoms with Crippen LogP contribution in [0.25, 0.3) is 11.3 Å². The van der Waals surface area contributed by atoms with E-state index in [1.165, 1.54) is 19.3 Å². The van der Waals surface area contributed by atoms with Gasteiger partial charge in [-0.25, -0.2) is 4.98 Å². The molecule has 9 heteroatoms. The standard InChI is InChI=1S/C26H35N7O2/c34-26(24-6-4-5-22(30-24)20-18-28-29-19-20)31-23-8-7-21(17-25(23)33-10-2-1-3-11-33)27-9-12-32-13-15-35-16-14-32/h4-8,17-19,26-27,31,34H,1-3,9-16H2,(H,28,29). The van der Waals surface area contributed by atoms with Crippen molar-refractivity contribution in [3.63, 3.8) is 0 Å². The molecule has 2 aliphatic heterocycles. The van der Waals surface area contributed by atoms with Gasteiger partial charge in [0.2, 0.25) is 0 Å². The van der Waals surface area contributed by atoms with E-state index in [2.05, 4.69) is 53.8 Å². The highest BCUT2D eigenvalue weighted by molar-refractivity contribution is 5.75. The van der Waals surface area contributed by atoms with Crippen LogP contribution in [-0.4, -0.2) is 77.7 Å². The lowest BCUT2D eigenvalue weighted by Crippen LogP contribution is -2.39. The number of hydrogen-bond donors (Lipinski definition) is 4. The van der Waals surface area contributed by atoms with Crippen molar-refractivity contribution >= 4 is 17.1 Å². The highest BCUT2D eigenvalue weighted by Gasteiger charge is 2.19. The van der Waals surface area contributed by atoms with Crippen molar-refractivity contribution < 1.29 is 9.84 Å². The van der Waals surface area contributed by atoms with E-state index in [9.17, 15) is 5.11 Å². The number of pyridine rings is 1. The summed E-state index contributed by atoms with van der Waals surface area (Å²) in [6.45, 7) is 7.57. The molecule has 1 unspecified atom stereocenters. The largest absolute Gasteiger partial charge is 0.384 e. The summed E-state index contributed by atoms with van der Waals surface area (Å²) in [6.07, 6.45) is 6.24. The highest BCUT2D eigenvalue weighted by Crippen LogP contribution is 2.33. The van der Waals surface area contributed by atoms with E-state index in [4.69, 9.17) is 4.74 Å². The number of rotatable bonds is 9. The summed E-state index contributed by atoms with van der Waals surface area (Å²) in [5, 5.41) is 24.7. The zero-order valence-corrected chi connectivity index (χ0v) is 20.1. The molecule has 5 rings (SSSR count). The number of aromatic nitrogens is 3. The molecule has 0 saturated carbocycles. The Labute approximate surface area is 206 Å². The van der Waals surface area contributed by atoms with Crippen LogP contribution in [0.3, 0.4) is 0 Å². The molecule has 0 bridgehead atoms. The number of aromatic amines is 1. The Morgan fingerprint density at radius 3 is 2.71 bits per heavy atom. The van der Waals surface area contributed by atoms with Gasteiger partial charge in [-0.15, -0.1) is 0 Å². The number of H-pyrrole nitrogens is 1. The summed E-state index contributed by atoms with van der Waals surface area (Å²) < 4.78 is 5.45. The van der Waals surface area contributed by atoms with Crippen molar-refractivity contribution in [2.45, 2.75) is 25.5 Å². The SMILES string of the molecule is OC(Nc1ccc(NCCN2CCOCC2)cc1N1CCCCC1)c1cccc(-c2cn[nH]c2)n1. The summed E-state index contributed by atoms with van der Waals surface area (Å²) in [5.74, 6) is 0. The highest BCUT2D eigenvalue weighted by atomic mass is 16.5. The number of hydrogen-bond acceptors (Lipinski definition) is 8. The van der Waals surface area contributed by atoms with Gasteiger partial charge in [-0.1, -0.05) is 6.07 Å². The molecule has 4 heterocycles. The van der Waals surface area contributed by atoms with Gasteiger partial charge in [0, 0.05) is 56.7 Å². The Balaban J connectivity index is 1.30. The van der Waals surface area contributed by atoms with Gasteiger partial charge >= 0.3 is 0 Å². The second-order valence-corrected chi connectivity index (χ2v) is 9.14. The Morgan fingerprint density at radius 2 is 1.91 bits per heavy atom. The summed E-state index contributed by atoms with van der Waals surface area (Å²) in [7, 11) is 0. The predicted octanol–water partition coefficient (Wildman–Crippen LogP) is 3.31. The number of piperidine rings is 1. The van der Waals surface area contributed by atoms with E-state index >= 15 is 0 Å². The summed E-state index contributed by atoms with van der Waals surface area (Å²) in [6, 6.07) is 12.0. The number of benzene rings is 1. The molecule has 0 spiro atoms. The van der Waals surface area contributed by atoms with Gasteiger partial charge in [-0.3, -0.25) is 10.00 Å². The molecule has 0 radical (unpaired) electrons. The van der Waals surface area contributed by atoms with Crippen LogP contribution >= 0.6 is 0 Å². The van der Waals surface area contributed by atoms with Crippen molar-refractivity contribution in [3.05, 3.63) is 54.5 Å². The molecule has 1 aromatic carbocycles. The van der Waals surface area contributed by atoms with Gasteiger partial charge in [0.15, 0.2) is 6.23 Å². The summed E-state index contributed by atoms with van der Waals surface area (Å²) >= 11 is 0. The lowest BCUT2D eigenvalue weighted by molar-refractivity contribution is 0.0398. The Hall–Kier alpha value is -3.14. The average molecular weight is 478 g/mol. The maximum absolute atomic E-state index is 11.0. The molecular weight excluding hydrogens is 442 g/mol. The number of anilines is 3. The molecule has 2 aromatic heterocycles. The van der Waals surface area contributed by atoms with Crippen LogP contribution in [0.2, 0.25) is 0 Å². The number of nitrogens with zero attached hydrogens (tertiary/aromatic N) is 4. The predicted molar refractivity (Wildman–Crippen MR) is 139 cm³/mol. The number of aliphatic hydroxyl groups excluding tert-OH is 1. The van der Waals surface area contributed by atoms with E-state index in [0.717, 1.165) is 80.8 Å². The molecule has 0 amide bonds. The number of morpholine rings is 1. The maximum Gasteiger partial charge on any atom is 0.168 e. The van der Waals surface area contributed by atoms with Crippen LogP contribution in [0.4, 0.5) is 17.1 Å². The zero-order valence-electron chi connectivity index (χ0n) is 20.1. The summed E-state index contributed by atoms with van der Waals surface area (Å²) in [4.78, 5) is 9.49. The van der Waals surface area contributed by atoms with E-state index in [0.29, 0.717) is 5.69 Å². The molecule has 3 aromatic rings. The molecule has 2 saturated heterocycles. The molecule has 35 heavy (non-hydrogen) atoms. The van der Waals surface area contributed by atoms with Gasteiger partial charge in [-0.05, 0) is 49.6 Å². The fraction of sp³-hybridized carbons (Fsp3) is 0.462. The molecule has 186 valence electrons. The van der Waals surface area contributed by atoms with E-state index in [1.807, 2.05) is 18.2 Å². The minimum absolute atomic E-state index is 0.570. The monoisotopic (exact) mass is 477 g/mol. The topological polar surface area (TPSA) is 102 Å². The molecule has 9 nitrogen and oxygen atoms in total. The van der Waals surface area contributed by atoms with E-state index < -0.39 is 6.23 Å². The first-order chi connectivity index (χ1) is 17.3. The van der Waals surface area contributed by atoms with Crippen LogP contribution < -0.4 is 15.5 Å². The summed E-state index contributed by atoms with van der Waals surface area (Å²) in [5.41, 5.74) is 5.36. The minimum atomic E-state index is -0.925. The zero-order chi connectivity index (χ0) is 23.9. The van der Waals surface area contributed by atoms with Crippen LogP contribution in [-0.2, 0) is 4.74 Å². The third kappa shape index (κ3) is 6.11. The molecule has 2 aliphatic rings.